The fourth-order valence-corrected chi connectivity index (χ4v) is 4.91. The number of hydrogen-bond donors (Lipinski definition) is 0. The van der Waals surface area contributed by atoms with E-state index in [1.807, 2.05) is 6.92 Å². The van der Waals surface area contributed by atoms with Gasteiger partial charge < -0.3 is 33.2 Å². The predicted octanol–water partition coefficient (Wildman–Crippen LogP) is 2.12. The lowest BCUT2D eigenvalue weighted by Gasteiger charge is -2.46. The van der Waals surface area contributed by atoms with Crippen molar-refractivity contribution >= 4 is 45.6 Å². The maximum absolute atomic E-state index is 12.9. The van der Waals surface area contributed by atoms with Gasteiger partial charge in [-0.2, -0.15) is 0 Å². The lowest BCUT2D eigenvalue weighted by molar-refractivity contribution is -0.342. The number of esters is 4. The molecule has 1 aliphatic heterocycles. The van der Waals surface area contributed by atoms with Gasteiger partial charge in [-0.25, -0.2) is 0 Å². The number of halogens is 1. The number of carbonyl (C=O) groups is 5. The first-order valence-corrected chi connectivity index (χ1v) is 13.0. The molecule has 2 rings (SSSR count). The lowest BCUT2D eigenvalue weighted by Crippen LogP contribution is -2.64. The molecule has 0 unspecified atom stereocenters. The molecule has 1 saturated heterocycles. The molecule has 0 amide bonds. The van der Waals surface area contributed by atoms with Crippen molar-refractivity contribution in [3.05, 3.63) is 0 Å². The molecule has 0 aromatic rings. The molecule has 0 aromatic heterocycles. The highest BCUT2D eigenvalue weighted by atomic mass is 79.9. The SMILES string of the molecule is CCCO[C@H](O[C@@H]1O[C@H](COC(C)=O)[C@@H](OC(C)=O)[C@H](OC(C)=O)[C@H]1OC(C)=O)[C@]1(Br)CCCCC1=O. The standard InChI is InChI=1S/C24H35BrO12/c1-6-11-31-23(24(25)10-8-7-9-18(24)30)37-22-21(35-16(5)29)20(34-15(4)28)19(33-14(3)27)17(36-22)12-32-13(2)26/h17,19-23H,6-12H2,1-5H3/t17-,19-,20+,21-,22+,23-,24+/m1/s1. The van der Waals surface area contributed by atoms with Gasteiger partial charge in [0.1, 0.15) is 17.0 Å². The van der Waals surface area contributed by atoms with Gasteiger partial charge in [0.25, 0.3) is 0 Å². The summed E-state index contributed by atoms with van der Waals surface area (Å²) in [7, 11) is 0. The third-order valence-electron chi connectivity index (χ3n) is 5.71. The van der Waals surface area contributed by atoms with Gasteiger partial charge in [-0.15, -0.1) is 0 Å². The number of alkyl halides is 1. The van der Waals surface area contributed by atoms with Gasteiger partial charge in [-0.05, 0) is 19.3 Å². The molecule has 1 heterocycles. The van der Waals surface area contributed by atoms with Gasteiger partial charge in [0, 0.05) is 40.7 Å². The Labute approximate surface area is 224 Å². The molecule has 0 N–H and O–H groups in total. The Bertz CT molecular complexity index is 848. The van der Waals surface area contributed by atoms with E-state index in [-0.39, 0.29) is 12.4 Å². The third-order valence-corrected chi connectivity index (χ3v) is 6.92. The van der Waals surface area contributed by atoms with Gasteiger partial charge in [0.15, 0.2) is 30.4 Å². The van der Waals surface area contributed by atoms with Gasteiger partial charge in [0.2, 0.25) is 6.29 Å². The fourth-order valence-electron chi connectivity index (χ4n) is 4.19. The van der Waals surface area contributed by atoms with E-state index in [0.29, 0.717) is 19.3 Å². The summed E-state index contributed by atoms with van der Waals surface area (Å²) in [5.41, 5.74) is 0. The Kier molecular flexibility index (Phi) is 11.9. The van der Waals surface area contributed by atoms with Crippen LogP contribution in [-0.2, 0) is 57.1 Å². The highest BCUT2D eigenvalue weighted by Gasteiger charge is 2.55. The predicted molar refractivity (Wildman–Crippen MR) is 128 cm³/mol. The van der Waals surface area contributed by atoms with Gasteiger partial charge in [-0.1, -0.05) is 29.3 Å². The summed E-state index contributed by atoms with van der Waals surface area (Å²) in [5, 5.41) is 0. The van der Waals surface area contributed by atoms with Crippen LogP contribution in [0.1, 0.15) is 66.7 Å². The molecule has 0 radical (unpaired) electrons. The molecule has 1 aliphatic carbocycles. The van der Waals surface area contributed by atoms with Crippen molar-refractivity contribution in [2.75, 3.05) is 13.2 Å². The fraction of sp³-hybridized carbons (Fsp3) is 0.792. The molecule has 7 atom stereocenters. The van der Waals surface area contributed by atoms with Crippen LogP contribution in [0.5, 0.6) is 0 Å². The van der Waals surface area contributed by atoms with E-state index >= 15 is 0 Å². The Morgan fingerprint density at radius 2 is 1.54 bits per heavy atom. The monoisotopic (exact) mass is 594 g/mol. The number of hydrogen-bond acceptors (Lipinski definition) is 12. The number of Topliss-reactive ketones (excluding diaryl/α,β-unsaturated/α-hetero) is 1. The van der Waals surface area contributed by atoms with Crippen molar-refractivity contribution in [3.63, 3.8) is 0 Å². The van der Waals surface area contributed by atoms with Crippen molar-refractivity contribution in [3.8, 4) is 0 Å². The van der Waals surface area contributed by atoms with Gasteiger partial charge >= 0.3 is 23.9 Å². The summed E-state index contributed by atoms with van der Waals surface area (Å²) in [6.45, 7) is 6.32. The molecule has 0 aromatic carbocycles. The minimum Gasteiger partial charge on any atom is -0.463 e. The molecular formula is C24H35BrO12. The van der Waals surface area contributed by atoms with Crippen LogP contribution in [0.4, 0.5) is 0 Å². The van der Waals surface area contributed by atoms with Crippen LogP contribution in [-0.4, -0.2) is 84.2 Å². The normalized spacial score (nSPS) is 30.6. The molecule has 13 heteroatoms. The summed E-state index contributed by atoms with van der Waals surface area (Å²) in [6.07, 6.45) is -5.07. The highest BCUT2D eigenvalue weighted by molar-refractivity contribution is 9.10. The molecule has 1 saturated carbocycles. The minimum absolute atomic E-state index is 0.120. The number of carbonyl (C=O) groups excluding carboxylic acids is 5. The van der Waals surface area contributed by atoms with Crippen molar-refractivity contribution < 1.29 is 57.1 Å². The maximum Gasteiger partial charge on any atom is 0.303 e. The highest BCUT2D eigenvalue weighted by Crippen LogP contribution is 2.40. The zero-order valence-electron chi connectivity index (χ0n) is 21.7. The molecule has 37 heavy (non-hydrogen) atoms. The van der Waals surface area contributed by atoms with Gasteiger partial charge in [-0.3, -0.25) is 24.0 Å². The molecule has 210 valence electrons. The summed E-state index contributed by atoms with van der Waals surface area (Å²) in [5.74, 6) is -3.01. The van der Waals surface area contributed by atoms with E-state index in [1.54, 1.807) is 0 Å². The molecular weight excluding hydrogens is 560 g/mol. The number of ketones is 1. The zero-order chi connectivity index (χ0) is 27.8. The first kappa shape index (κ1) is 31.1. The van der Waals surface area contributed by atoms with Crippen LogP contribution < -0.4 is 0 Å². The average Bonchev–Trinajstić information content (AvgIpc) is 2.80. The van der Waals surface area contributed by atoms with Crippen molar-refractivity contribution in [2.45, 2.75) is 108 Å². The van der Waals surface area contributed by atoms with E-state index in [0.717, 1.165) is 33.6 Å². The second-order valence-corrected chi connectivity index (χ2v) is 10.3. The van der Waals surface area contributed by atoms with Crippen LogP contribution in [0, 0.1) is 0 Å². The lowest BCUT2D eigenvalue weighted by atomic mass is 9.87. The van der Waals surface area contributed by atoms with Crippen molar-refractivity contribution in [1.29, 1.82) is 0 Å². The van der Waals surface area contributed by atoms with Gasteiger partial charge in [0.05, 0.1) is 0 Å². The zero-order valence-corrected chi connectivity index (χ0v) is 23.3. The smallest absolute Gasteiger partial charge is 0.303 e. The average molecular weight is 595 g/mol. The molecule has 12 nitrogen and oxygen atoms in total. The molecule has 2 aliphatic rings. The Morgan fingerprint density at radius 1 is 0.946 bits per heavy atom. The molecule has 0 spiro atoms. The number of rotatable bonds is 11. The second-order valence-electron chi connectivity index (χ2n) is 8.90. The summed E-state index contributed by atoms with van der Waals surface area (Å²) in [6, 6.07) is 0. The van der Waals surface area contributed by atoms with E-state index in [1.165, 1.54) is 6.92 Å². The summed E-state index contributed by atoms with van der Waals surface area (Å²) < 4.78 is 38.2. The van der Waals surface area contributed by atoms with E-state index < -0.39 is 71.8 Å². The van der Waals surface area contributed by atoms with Crippen molar-refractivity contribution in [2.24, 2.45) is 0 Å². The van der Waals surface area contributed by atoms with Crippen LogP contribution in [0.15, 0.2) is 0 Å². The van der Waals surface area contributed by atoms with Crippen LogP contribution >= 0.6 is 15.9 Å². The number of ether oxygens (including phenoxy) is 7. The van der Waals surface area contributed by atoms with Crippen LogP contribution in [0.2, 0.25) is 0 Å². The topological polar surface area (TPSA) is 150 Å². The van der Waals surface area contributed by atoms with E-state index in [4.69, 9.17) is 33.2 Å². The maximum atomic E-state index is 12.9. The third kappa shape index (κ3) is 8.72. The summed E-state index contributed by atoms with van der Waals surface area (Å²) >= 11 is 3.53. The first-order chi connectivity index (χ1) is 17.4. The van der Waals surface area contributed by atoms with Crippen LogP contribution in [0.25, 0.3) is 0 Å². The second kappa shape index (κ2) is 14.2. The largest absolute Gasteiger partial charge is 0.463 e. The van der Waals surface area contributed by atoms with E-state index in [2.05, 4.69) is 15.9 Å². The molecule has 0 bridgehead atoms. The van der Waals surface area contributed by atoms with E-state index in [9.17, 15) is 24.0 Å². The Hall–Kier alpha value is -2.09. The minimum atomic E-state index is -1.45. The Morgan fingerprint density at radius 3 is 2.08 bits per heavy atom. The first-order valence-electron chi connectivity index (χ1n) is 12.2. The van der Waals surface area contributed by atoms with Crippen molar-refractivity contribution in [1.82, 2.24) is 0 Å². The quantitative estimate of drug-likeness (QED) is 0.149. The Balaban J connectivity index is 2.51. The summed E-state index contributed by atoms with van der Waals surface area (Å²) in [4.78, 5) is 60.4. The molecule has 2 fully saturated rings. The van der Waals surface area contributed by atoms with Crippen LogP contribution in [0.3, 0.4) is 0 Å².